The Labute approximate surface area is 102 Å². The van der Waals surface area contributed by atoms with E-state index in [0.29, 0.717) is 18.6 Å². The SMILES string of the molecule is CC(CCO)CNC1CCCc2sccc21. The van der Waals surface area contributed by atoms with Crippen LogP contribution in [0.5, 0.6) is 0 Å². The summed E-state index contributed by atoms with van der Waals surface area (Å²) in [5.41, 5.74) is 1.52. The van der Waals surface area contributed by atoms with Gasteiger partial charge in [0.25, 0.3) is 0 Å². The van der Waals surface area contributed by atoms with Crippen LogP contribution >= 0.6 is 11.3 Å². The summed E-state index contributed by atoms with van der Waals surface area (Å²) in [6.07, 6.45) is 4.72. The van der Waals surface area contributed by atoms with E-state index in [1.165, 1.54) is 24.8 Å². The molecule has 2 rings (SSSR count). The number of nitrogens with one attached hydrogen (secondary N) is 1. The number of rotatable bonds is 5. The van der Waals surface area contributed by atoms with E-state index in [2.05, 4.69) is 23.7 Å². The predicted molar refractivity (Wildman–Crippen MR) is 68.9 cm³/mol. The van der Waals surface area contributed by atoms with E-state index in [9.17, 15) is 0 Å². The number of fused-ring (bicyclic) bond motifs is 1. The third-order valence-corrected chi connectivity index (χ3v) is 4.38. The Morgan fingerprint density at radius 1 is 1.62 bits per heavy atom. The van der Waals surface area contributed by atoms with Crippen LogP contribution < -0.4 is 5.32 Å². The standard InChI is InChI=1S/C13H21NOS/c1-10(5-7-15)9-14-12-3-2-4-13-11(12)6-8-16-13/h6,8,10,12,14-15H,2-5,7,9H2,1H3. The smallest absolute Gasteiger partial charge is 0.0434 e. The summed E-state index contributed by atoms with van der Waals surface area (Å²) in [5.74, 6) is 0.564. The van der Waals surface area contributed by atoms with Crippen molar-refractivity contribution in [3.63, 3.8) is 0 Å². The number of thiophene rings is 1. The fourth-order valence-corrected chi connectivity index (χ4v) is 3.35. The molecule has 16 heavy (non-hydrogen) atoms. The van der Waals surface area contributed by atoms with Crippen LogP contribution in [0.1, 0.15) is 42.7 Å². The van der Waals surface area contributed by atoms with Crippen molar-refractivity contribution < 1.29 is 5.11 Å². The molecule has 0 fully saturated rings. The molecule has 0 aliphatic heterocycles. The van der Waals surface area contributed by atoms with E-state index in [0.717, 1.165) is 13.0 Å². The van der Waals surface area contributed by atoms with Crippen LogP contribution in [-0.4, -0.2) is 18.3 Å². The Morgan fingerprint density at radius 2 is 2.50 bits per heavy atom. The van der Waals surface area contributed by atoms with Crippen molar-refractivity contribution in [3.8, 4) is 0 Å². The molecule has 1 aliphatic rings. The van der Waals surface area contributed by atoms with Gasteiger partial charge in [0.15, 0.2) is 0 Å². The monoisotopic (exact) mass is 239 g/mol. The van der Waals surface area contributed by atoms with Crippen molar-refractivity contribution in [1.29, 1.82) is 0 Å². The Hall–Kier alpha value is -0.380. The molecule has 0 spiro atoms. The lowest BCUT2D eigenvalue weighted by Crippen LogP contribution is -2.28. The molecule has 2 atom stereocenters. The zero-order chi connectivity index (χ0) is 11.4. The van der Waals surface area contributed by atoms with Crippen LogP contribution in [0.2, 0.25) is 0 Å². The molecule has 2 unspecified atom stereocenters. The zero-order valence-corrected chi connectivity index (χ0v) is 10.7. The molecular weight excluding hydrogens is 218 g/mol. The molecule has 1 aliphatic carbocycles. The maximum atomic E-state index is 8.87. The van der Waals surface area contributed by atoms with E-state index < -0.39 is 0 Å². The first kappa shape index (κ1) is 12.1. The average Bonchev–Trinajstić information content (AvgIpc) is 2.75. The third kappa shape index (κ3) is 2.84. The van der Waals surface area contributed by atoms with Gasteiger partial charge in [0.1, 0.15) is 0 Å². The molecule has 1 aromatic heterocycles. The lowest BCUT2D eigenvalue weighted by Gasteiger charge is -2.25. The number of aryl methyl sites for hydroxylation is 1. The van der Waals surface area contributed by atoms with E-state index in [4.69, 9.17) is 5.11 Å². The summed E-state index contributed by atoms with van der Waals surface area (Å²) in [5, 5.41) is 14.7. The highest BCUT2D eigenvalue weighted by molar-refractivity contribution is 7.10. The molecule has 1 heterocycles. The highest BCUT2D eigenvalue weighted by Crippen LogP contribution is 2.33. The molecule has 0 amide bonds. The Kier molecular flexibility index (Phi) is 4.38. The maximum absolute atomic E-state index is 8.87. The van der Waals surface area contributed by atoms with Crippen molar-refractivity contribution in [2.24, 2.45) is 5.92 Å². The fourth-order valence-electron chi connectivity index (χ4n) is 2.36. The molecule has 90 valence electrons. The summed E-state index contributed by atoms with van der Waals surface area (Å²) < 4.78 is 0. The second kappa shape index (κ2) is 5.80. The minimum Gasteiger partial charge on any atom is -0.396 e. The molecule has 3 heteroatoms. The van der Waals surface area contributed by atoms with Gasteiger partial charge in [-0.2, -0.15) is 0 Å². The summed E-state index contributed by atoms with van der Waals surface area (Å²) in [4.78, 5) is 1.57. The Bertz CT molecular complexity index is 323. The van der Waals surface area contributed by atoms with Crippen LogP contribution in [0.3, 0.4) is 0 Å². The van der Waals surface area contributed by atoms with Gasteiger partial charge in [0.2, 0.25) is 0 Å². The molecule has 0 aromatic carbocycles. The molecule has 0 radical (unpaired) electrons. The first-order chi connectivity index (χ1) is 7.81. The van der Waals surface area contributed by atoms with Gasteiger partial charge >= 0.3 is 0 Å². The van der Waals surface area contributed by atoms with Gasteiger partial charge < -0.3 is 10.4 Å². The van der Waals surface area contributed by atoms with Crippen molar-refractivity contribution in [2.45, 2.75) is 38.6 Å². The number of aliphatic hydroxyl groups is 1. The van der Waals surface area contributed by atoms with Gasteiger partial charge in [-0.1, -0.05) is 6.92 Å². The maximum Gasteiger partial charge on any atom is 0.0434 e. The van der Waals surface area contributed by atoms with Crippen LogP contribution in [0.25, 0.3) is 0 Å². The largest absolute Gasteiger partial charge is 0.396 e. The van der Waals surface area contributed by atoms with E-state index in [-0.39, 0.29) is 0 Å². The first-order valence-electron chi connectivity index (χ1n) is 6.21. The average molecular weight is 239 g/mol. The minimum atomic E-state index is 0.303. The summed E-state index contributed by atoms with van der Waals surface area (Å²) >= 11 is 1.89. The zero-order valence-electron chi connectivity index (χ0n) is 9.91. The summed E-state index contributed by atoms with van der Waals surface area (Å²) in [7, 11) is 0. The number of hydrogen-bond acceptors (Lipinski definition) is 3. The van der Waals surface area contributed by atoms with E-state index >= 15 is 0 Å². The minimum absolute atomic E-state index is 0.303. The fraction of sp³-hybridized carbons (Fsp3) is 0.692. The number of hydrogen-bond donors (Lipinski definition) is 2. The van der Waals surface area contributed by atoms with Crippen LogP contribution in [-0.2, 0) is 6.42 Å². The van der Waals surface area contributed by atoms with Gasteiger partial charge in [0.05, 0.1) is 0 Å². The normalized spacial score (nSPS) is 21.8. The van der Waals surface area contributed by atoms with Gasteiger partial charge in [-0.3, -0.25) is 0 Å². The van der Waals surface area contributed by atoms with Crippen molar-refractivity contribution >= 4 is 11.3 Å². The Morgan fingerprint density at radius 3 is 3.31 bits per heavy atom. The van der Waals surface area contributed by atoms with E-state index in [1.807, 2.05) is 11.3 Å². The van der Waals surface area contributed by atoms with Crippen LogP contribution in [0, 0.1) is 5.92 Å². The van der Waals surface area contributed by atoms with Crippen LogP contribution in [0.4, 0.5) is 0 Å². The van der Waals surface area contributed by atoms with Gasteiger partial charge in [0, 0.05) is 17.5 Å². The summed E-state index contributed by atoms with van der Waals surface area (Å²) in [6, 6.07) is 2.82. The lowest BCUT2D eigenvalue weighted by atomic mass is 9.93. The van der Waals surface area contributed by atoms with Crippen molar-refractivity contribution in [3.05, 3.63) is 21.9 Å². The highest BCUT2D eigenvalue weighted by atomic mass is 32.1. The molecule has 2 N–H and O–H groups in total. The van der Waals surface area contributed by atoms with Gasteiger partial charge in [-0.15, -0.1) is 11.3 Å². The van der Waals surface area contributed by atoms with Crippen LogP contribution in [0.15, 0.2) is 11.4 Å². The quantitative estimate of drug-likeness (QED) is 0.828. The first-order valence-corrected chi connectivity index (χ1v) is 7.09. The van der Waals surface area contributed by atoms with E-state index in [1.54, 1.807) is 4.88 Å². The molecule has 1 aromatic rings. The number of aliphatic hydroxyl groups excluding tert-OH is 1. The Balaban J connectivity index is 1.88. The molecule has 0 bridgehead atoms. The van der Waals surface area contributed by atoms with Gasteiger partial charge in [-0.05, 0) is 55.2 Å². The topological polar surface area (TPSA) is 32.3 Å². The molecule has 2 nitrogen and oxygen atoms in total. The molecule has 0 saturated heterocycles. The molecule has 0 saturated carbocycles. The third-order valence-electron chi connectivity index (χ3n) is 3.39. The van der Waals surface area contributed by atoms with Crippen molar-refractivity contribution in [1.82, 2.24) is 5.32 Å². The second-order valence-electron chi connectivity index (χ2n) is 4.77. The van der Waals surface area contributed by atoms with Gasteiger partial charge in [-0.25, -0.2) is 0 Å². The molecular formula is C13H21NOS. The summed E-state index contributed by atoms with van der Waals surface area (Å²) in [6.45, 7) is 3.51. The van der Waals surface area contributed by atoms with Crippen molar-refractivity contribution in [2.75, 3.05) is 13.2 Å². The lowest BCUT2D eigenvalue weighted by molar-refractivity contribution is 0.256. The predicted octanol–water partition coefficient (Wildman–Crippen LogP) is 2.73. The second-order valence-corrected chi connectivity index (χ2v) is 5.77. The highest BCUT2D eigenvalue weighted by Gasteiger charge is 2.20.